The lowest BCUT2D eigenvalue weighted by molar-refractivity contribution is -0.115. The number of furan rings is 1. The van der Waals surface area contributed by atoms with Gasteiger partial charge >= 0.3 is 0 Å². The Bertz CT molecular complexity index is 1120. The number of hydrogen-bond acceptors (Lipinski definition) is 7. The molecule has 1 aliphatic heterocycles. The Morgan fingerprint density at radius 3 is 2.35 bits per heavy atom. The van der Waals surface area contributed by atoms with Crippen molar-refractivity contribution in [2.75, 3.05) is 36.4 Å². The van der Waals surface area contributed by atoms with Gasteiger partial charge in [-0.25, -0.2) is 8.42 Å². The van der Waals surface area contributed by atoms with E-state index in [-0.39, 0.29) is 10.8 Å². The van der Waals surface area contributed by atoms with Crippen molar-refractivity contribution < 1.29 is 17.6 Å². The van der Waals surface area contributed by atoms with Gasteiger partial charge in [-0.15, -0.1) is 10.2 Å². The summed E-state index contributed by atoms with van der Waals surface area (Å²) in [6.45, 7) is 3.47. The van der Waals surface area contributed by atoms with Gasteiger partial charge in [0.1, 0.15) is 5.69 Å². The van der Waals surface area contributed by atoms with Crippen molar-refractivity contribution in [2.45, 2.75) is 18.2 Å². The largest absolute Gasteiger partial charge is 0.463 e. The third-order valence-corrected chi connectivity index (χ3v) is 7.00. The molecule has 1 N–H and O–H groups in total. The molecule has 0 radical (unpaired) electrons. The van der Waals surface area contributed by atoms with Crippen molar-refractivity contribution in [2.24, 2.45) is 0 Å². The predicted molar refractivity (Wildman–Crippen MR) is 116 cm³/mol. The summed E-state index contributed by atoms with van der Waals surface area (Å²) in [4.78, 5) is 13.7. The van der Waals surface area contributed by atoms with Gasteiger partial charge < -0.3 is 14.6 Å². The van der Waals surface area contributed by atoms with Crippen LogP contribution in [0.4, 0.5) is 11.5 Å². The van der Waals surface area contributed by atoms with Crippen LogP contribution in [-0.2, 0) is 14.8 Å². The van der Waals surface area contributed by atoms with E-state index in [9.17, 15) is 13.2 Å². The summed E-state index contributed by atoms with van der Waals surface area (Å²) in [7, 11) is -3.61. The lowest BCUT2D eigenvalue weighted by Gasteiger charge is -2.34. The monoisotopic (exact) mass is 441 g/mol. The molecule has 0 bridgehead atoms. The maximum absolute atomic E-state index is 13.0. The van der Waals surface area contributed by atoms with Crippen LogP contribution in [0.5, 0.6) is 0 Å². The van der Waals surface area contributed by atoms with Crippen molar-refractivity contribution >= 4 is 27.4 Å². The molecule has 1 aliphatic rings. The number of carbonyl (C=O) groups excluding carboxylic acids is 1. The molecule has 0 spiro atoms. The van der Waals surface area contributed by atoms with E-state index in [2.05, 4.69) is 15.5 Å². The van der Waals surface area contributed by atoms with Crippen LogP contribution in [0.1, 0.15) is 13.3 Å². The number of sulfonamides is 1. The zero-order valence-electron chi connectivity index (χ0n) is 17.1. The Labute approximate surface area is 180 Å². The first-order chi connectivity index (χ1) is 15.0. The van der Waals surface area contributed by atoms with Crippen molar-refractivity contribution in [3.63, 3.8) is 0 Å². The van der Waals surface area contributed by atoms with Gasteiger partial charge in [-0.1, -0.05) is 6.92 Å². The number of hydrogen-bond donors (Lipinski definition) is 1. The summed E-state index contributed by atoms with van der Waals surface area (Å²) >= 11 is 0. The summed E-state index contributed by atoms with van der Waals surface area (Å²) in [5.74, 6) is 1.23. The number of benzene rings is 1. The van der Waals surface area contributed by atoms with E-state index in [0.717, 1.165) is 0 Å². The summed E-state index contributed by atoms with van der Waals surface area (Å²) in [6, 6.07) is 13.6. The predicted octanol–water partition coefficient (Wildman–Crippen LogP) is 2.60. The molecule has 0 unspecified atom stereocenters. The molecule has 10 heteroatoms. The molecule has 0 aliphatic carbocycles. The van der Waals surface area contributed by atoms with E-state index < -0.39 is 10.0 Å². The Balaban J connectivity index is 1.39. The molecule has 1 saturated heterocycles. The molecule has 9 nitrogen and oxygen atoms in total. The Hall–Kier alpha value is -3.24. The number of rotatable bonds is 6. The fourth-order valence-electron chi connectivity index (χ4n) is 3.32. The number of carbonyl (C=O) groups is 1. The highest BCUT2D eigenvalue weighted by Crippen LogP contribution is 2.23. The third-order valence-electron chi connectivity index (χ3n) is 5.08. The highest BCUT2D eigenvalue weighted by molar-refractivity contribution is 7.89. The molecule has 3 aromatic rings. The van der Waals surface area contributed by atoms with Gasteiger partial charge in [0.2, 0.25) is 15.9 Å². The van der Waals surface area contributed by atoms with Gasteiger partial charge in [0, 0.05) is 38.3 Å². The number of piperazine rings is 1. The molecule has 2 aromatic heterocycles. The zero-order valence-corrected chi connectivity index (χ0v) is 17.9. The molecular weight excluding hydrogens is 418 g/mol. The summed E-state index contributed by atoms with van der Waals surface area (Å²) < 4.78 is 32.7. The Morgan fingerprint density at radius 1 is 1.03 bits per heavy atom. The zero-order chi connectivity index (χ0) is 21.8. The summed E-state index contributed by atoms with van der Waals surface area (Å²) in [6.07, 6.45) is 1.94. The maximum Gasteiger partial charge on any atom is 0.243 e. The van der Waals surface area contributed by atoms with Gasteiger partial charge in [0.05, 0.1) is 11.2 Å². The molecular formula is C21H23N5O4S. The average molecular weight is 442 g/mol. The fraction of sp³-hybridized carbons (Fsp3) is 0.286. The van der Waals surface area contributed by atoms with Crippen molar-refractivity contribution in [1.29, 1.82) is 0 Å². The van der Waals surface area contributed by atoms with Crippen LogP contribution in [-0.4, -0.2) is 55.0 Å². The second-order valence-electron chi connectivity index (χ2n) is 7.07. The van der Waals surface area contributed by atoms with Gasteiger partial charge in [0.15, 0.2) is 11.6 Å². The second-order valence-corrected chi connectivity index (χ2v) is 9.01. The molecule has 1 amide bonds. The van der Waals surface area contributed by atoms with Crippen molar-refractivity contribution in [1.82, 2.24) is 14.5 Å². The van der Waals surface area contributed by atoms with E-state index in [1.165, 1.54) is 16.4 Å². The first-order valence-corrected chi connectivity index (χ1v) is 11.4. The fourth-order valence-corrected chi connectivity index (χ4v) is 4.74. The number of nitrogens with zero attached hydrogens (tertiary/aromatic N) is 4. The first-order valence-electron chi connectivity index (χ1n) is 10.00. The van der Waals surface area contributed by atoms with Crippen LogP contribution < -0.4 is 10.2 Å². The summed E-state index contributed by atoms with van der Waals surface area (Å²) in [5, 5.41) is 11.2. The van der Waals surface area contributed by atoms with Crippen LogP contribution in [0.2, 0.25) is 0 Å². The number of amides is 1. The van der Waals surface area contributed by atoms with E-state index in [1.54, 1.807) is 31.4 Å². The number of aromatic nitrogens is 2. The Kier molecular flexibility index (Phi) is 6.01. The normalized spacial score (nSPS) is 15.1. The van der Waals surface area contributed by atoms with E-state index in [1.807, 2.05) is 23.1 Å². The second kappa shape index (κ2) is 8.86. The highest BCUT2D eigenvalue weighted by Gasteiger charge is 2.29. The molecule has 31 heavy (non-hydrogen) atoms. The standard InChI is InChI=1S/C21H23N5O4S/c1-2-21(27)22-16-5-7-17(8-6-16)31(28,29)26-13-11-25(12-14-26)20-10-9-18(23-24-20)19-4-3-15-30-19/h3-10,15H,2,11-14H2,1H3,(H,22,27). The minimum absolute atomic E-state index is 0.118. The van der Waals surface area contributed by atoms with Gasteiger partial charge in [-0.2, -0.15) is 4.31 Å². The van der Waals surface area contributed by atoms with Gasteiger partial charge in [-0.05, 0) is 48.5 Å². The van der Waals surface area contributed by atoms with E-state index in [4.69, 9.17) is 4.42 Å². The topological polar surface area (TPSA) is 109 Å². The van der Waals surface area contributed by atoms with Crippen molar-refractivity contribution in [3.8, 4) is 11.5 Å². The lowest BCUT2D eigenvalue weighted by Crippen LogP contribution is -2.49. The van der Waals surface area contributed by atoms with Crippen LogP contribution in [0.25, 0.3) is 11.5 Å². The van der Waals surface area contributed by atoms with E-state index in [0.29, 0.717) is 55.6 Å². The lowest BCUT2D eigenvalue weighted by atomic mass is 10.3. The molecule has 162 valence electrons. The number of anilines is 2. The molecule has 0 atom stereocenters. The van der Waals surface area contributed by atoms with Gasteiger partial charge in [0.25, 0.3) is 0 Å². The highest BCUT2D eigenvalue weighted by atomic mass is 32.2. The third kappa shape index (κ3) is 4.59. The van der Waals surface area contributed by atoms with Crippen LogP contribution in [0.3, 0.4) is 0 Å². The first kappa shape index (κ1) is 21.0. The molecule has 1 aromatic carbocycles. The van der Waals surface area contributed by atoms with Crippen LogP contribution >= 0.6 is 0 Å². The Morgan fingerprint density at radius 2 is 1.77 bits per heavy atom. The van der Waals surface area contributed by atoms with Crippen molar-refractivity contribution in [3.05, 3.63) is 54.8 Å². The molecule has 0 saturated carbocycles. The molecule has 3 heterocycles. The number of nitrogens with one attached hydrogen (secondary N) is 1. The van der Waals surface area contributed by atoms with Crippen LogP contribution in [0.15, 0.2) is 64.1 Å². The van der Waals surface area contributed by atoms with Gasteiger partial charge in [-0.3, -0.25) is 4.79 Å². The average Bonchev–Trinajstić information content (AvgIpc) is 3.35. The van der Waals surface area contributed by atoms with E-state index >= 15 is 0 Å². The molecule has 4 rings (SSSR count). The maximum atomic E-state index is 13.0. The molecule has 1 fully saturated rings. The minimum atomic E-state index is -3.61. The minimum Gasteiger partial charge on any atom is -0.463 e. The summed E-state index contributed by atoms with van der Waals surface area (Å²) in [5.41, 5.74) is 1.22. The van der Waals surface area contributed by atoms with Crippen LogP contribution in [0, 0.1) is 0 Å². The quantitative estimate of drug-likeness (QED) is 0.626. The SMILES string of the molecule is CCC(=O)Nc1ccc(S(=O)(=O)N2CCN(c3ccc(-c4ccco4)nn3)CC2)cc1. The smallest absolute Gasteiger partial charge is 0.243 e.